The first-order valence-electron chi connectivity index (χ1n) is 7.23. The van der Waals surface area contributed by atoms with Gasteiger partial charge in [-0.05, 0) is 36.3 Å². The summed E-state index contributed by atoms with van der Waals surface area (Å²) >= 11 is 2.96. The Balaban J connectivity index is 1.58. The predicted octanol–water partition coefficient (Wildman–Crippen LogP) is 2.86. The van der Waals surface area contributed by atoms with E-state index < -0.39 is 6.17 Å². The number of aryl methyl sites for hydroxylation is 1. The van der Waals surface area contributed by atoms with Crippen LogP contribution in [-0.2, 0) is 6.54 Å². The van der Waals surface area contributed by atoms with Crippen LogP contribution >= 0.6 is 22.9 Å². The minimum Gasteiger partial charge on any atom is -0.350 e. The predicted molar refractivity (Wildman–Crippen MR) is 87.2 cm³/mol. The van der Waals surface area contributed by atoms with Crippen LogP contribution in [0.2, 0.25) is 0 Å². The highest BCUT2D eigenvalue weighted by atomic mass is 32.1. The van der Waals surface area contributed by atoms with Gasteiger partial charge in [0.25, 0.3) is 5.91 Å². The second-order valence-corrected chi connectivity index (χ2v) is 7.18. The second kappa shape index (κ2) is 6.85. The molecule has 3 heterocycles. The fourth-order valence-corrected chi connectivity index (χ4v) is 4.17. The van der Waals surface area contributed by atoms with Crippen molar-refractivity contribution in [3.8, 4) is 0 Å². The molecule has 1 aliphatic rings. The molecule has 0 unspecified atom stereocenters. The van der Waals surface area contributed by atoms with Crippen LogP contribution < -0.4 is 5.32 Å². The molecule has 1 amide bonds. The molecule has 0 aromatic carbocycles. The zero-order valence-corrected chi connectivity index (χ0v) is 13.9. The van der Waals surface area contributed by atoms with Crippen molar-refractivity contribution in [2.45, 2.75) is 32.1 Å². The lowest BCUT2D eigenvalue weighted by molar-refractivity contribution is 0.0939. The Morgan fingerprint density at radius 1 is 1.59 bits per heavy atom. The average molecular weight is 339 g/mol. The average Bonchev–Trinajstić information content (AvgIpc) is 3.19. The van der Waals surface area contributed by atoms with Gasteiger partial charge in [-0.15, -0.1) is 11.3 Å². The number of rotatable bonds is 5. The molecule has 0 saturated carbocycles. The first kappa shape index (κ1) is 15.6. The summed E-state index contributed by atoms with van der Waals surface area (Å²) in [7, 11) is 0. The van der Waals surface area contributed by atoms with Crippen molar-refractivity contribution in [2.24, 2.45) is 0 Å². The molecule has 22 heavy (non-hydrogen) atoms. The van der Waals surface area contributed by atoms with Gasteiger partial charge in [0, 0.05) is 35.9 Å². The number of nitrogens with one attached hydrogen (secondary N) is 1. The molecule has 1 saturated heterocycles. The molecule has 1 aliphatic heterocycles. The summed E-state index contributed by atoms with van der Waals surface area (Å²) in [4.78, 5) is 15.5. The highest BCUT2D eigenvalue weighted by Gasteiger charge is 2.32. The lowest BCUT2D eigenvalue weighted by atomic mass is 10.2. The number of nitrogens with zero attached hydrogens (tertiary/aromatic N) is 2. The number of aromatic nitrogens is 1. The van der Waals surface area contributed by atoms with Crippen LogP contribution in [0.15, 0.2) is 22.9 Å². The summed E-state index contributed by atoms with van der Waals surface area (Å²) < 4.78 is 17.9. The van der Waals surface area contributed by atoms with Crippen LogP contribution in [0.4, 0.5) is 4.39 Å². The Morgan fingerprint density at radius 2 is 2.45 bits per heavy atom. The van der Waals surface area contributed by atoms with Gasteiger partial charge in [-0.3, -0.25) is 9.69 Å². The Bertz CT molecular complexity index is 629. The monoisotopic (exact) mass is 339 g/mol. The molecule has 0 spiro atoms. The van der Waals surface area contributed by atoms with Crippen molar-refractivity contribution in [3.05, 3.63) is 39.0 Å². The van der Waals surface area contributed by atoms with Gasteiger partial charge in [0.15, 0.2) is 0 Å². The minimum absolute atomic E-state index is 0.0490. The van der Waals surface area contributed by atoms with Gasteiger partial charge in [0.1, 0.15) is 6.17 Å². The summed E-state index contributed by atoms with van der Waals surface area (Å²) in [5.74, 6) is -0.121. The van der Waals surface area contributed by atoms with Gasteiger partial charge in [-0.25, -0.2) is 4.39 Å². The van der Waals surface area contributed by atoms with Crippen LogP contribution in [0.25, 0.3) is 0 Å². The molecular weight excluding hydrogens is 321 g/mol. The third-order valence-electron chi connectivity index (χ3n) is 3.91. The van der Waals surface area contributed by atoms with Crippen molar-refractivity contribution in [2.75, 3.05) is 13.1 Å². The summed E-state index contributed by atoms with van der Waals surface area (Å²) in [5, 5.41) is 6.70. The smallest absolute Gasteiger partial charge is 0.254 e. The fraction of sp³-hybridized carbons (Fsp3) is 0.467. The van der Waals surface area contributed by atoms with Gasteiger partial charge < -0.3 is 5.32 Å². The number of halogens is 1. The molecule has 0 radical (unpaired) electrons. The van der Waals surface area contributed by atoms with Crippen molar-refractivity contribution in [1.82, 2.24) is 14.6 Å². The summed E-state index contributed by atoms with van der Waals surface area (Å²) in [6.45, 7) is 3.48. The molecule has 0 aliphatic carbocycles. The van der Waals surface area contributed by atoms with Crippen molar-refractivity contribution in [3.63, 3.8) is 0 Å². The Kier molecular flexibility index (Phi) is 4.85. The highest BCUT2D eigenvalue weighted by molar-refractivity contribution is 7.09. The molecule has 1 fully saturated rings. The van der Waals surface area contributed by atoms with Crippen molar-refractivity contribution in [1.29, 1.82) is 0 Å². The zero-order chi connectivity index (χ0) is 15.5. The molecule has 0 bridgehead atoms. The van der Waals surface area contributed by atoms with E-state index in [0.29, 0.717) is 25.1 Å². The number of likely N-dealkylation sites (tertiary alicyclic amines) is 1. The lowest BCUT2D eigenvalue weighted by Gasteiger charge is -2.23. The first-order chi connectivity index (χ1) is 10.6. The number of carbonyl (C=O) groups excluding carboxylic acids is 1. The van der Waals surface area contributed by atoms with E-state index in [9.17, 15) is 9.18 Å². The first-order valence-corrected chi connectivity index (χ1v) is 8.95. The molecule has 2 aromatic heterocycles. The highest BCUT2D eigenvalue weighted by Crippen LogP contribution is 2.24. The van der Waals surface area contributed by atoms with Crippen LogP contribution in [0, 0.1) is 6.92 Å². The van der Waals surface area contributed by atoms with E-state index in [1.165, 1.54) is 16.4 Å². The molecule has 7 heteroatoms. The van der Waals surface area contributed by atoms with E-state index in [4.69, 9.17) is 0 Å². The van der Waals surface area contributed by atoms with Crippen LogP contribution in [0.5, 0.6) is 0 Å². The summed E-state index contributed by atoms with van der Waals surface area (Å²) in [6.07, 6.45) is -0.335. The van der Waals surface area contributed by atoms with Gasteiger partial charge in [-0.1, -0.05) is 6.07 Å². The molecule has 4 nitrogen and oxygen atoms in total. The lowest BCUT2D eigenvalue weighted by Crippen LogP contribution is -2.39. The Morgan fingerprint density at radius 3 is 3.14 bits per heavy atom. The van der Waals surface area contributed by atoms with Gasteiger partial charge in [0.05, 0.1) is 11.3 Å². The zero-order valence-electron chi connectivity index (χ0n) is 12.3. The standard InChI is InChI=1S/C15H18FN3OS2/c1-10-14(9-22-18-10)15(20)17-6-12-5-11(16)7-19(12)8-13-3-2-4-21-13/h2-4,9,11-12H,5-8H2,1H3,(H,17,20)/t11-,12-/m0/s1. The normalized spacial score (nSPS) is 22.1. The number of alkyl halides is 1. The van der Waals surface area contributed by atoms with E-state index in [1.54, 1.807) is 16.7 Å². The maximum atomic E-state index is 13.8. The van der Waals surface area contributed by atoms with Crippen LogP contribution in [0.3, 0.4) is 0 Å². The van der Waals surface area contributed by atoms with E-state index >= 15 is 0 Å². The maximum absolute atomic E-state index is 13.8. The van der Waals surface area contributed by atoms with Gasteiger partial charge >= 0.3 is 0 Å². The molecule has 1 N–H and O–H groups in total. The number of carbonyl (C=O) groups is 1. The van der Waals surface area contributed by atoms with Gasteiger partial charge in [0.2, 0.25) is 0 Å². The number of thiophene rings is 1. The van der Waals surface area contributed by atoms with Crippen LogP contribution in [-0.4, -0.2) is 40.5 Å². The van der Waals surface area contributed by atoms with Crippen molar-refractivity contribution >= 4 is 28.8 Å². The quantitative estimate of drug-likeness (QED) is 0.911. The van der Waals surface area contributed by atoms with E-state index in [-0.39, 0.29) is 11.9 Å². The molecular formula is C15H18FN3OS2. The number of hydrogen-bond donors (Lipinski definition) is 1. The third kappa shape index (κ3) is 3.53. The third-order valence-corrected chi connectivity index (χ3v) is 5.49. The van der Waals surface area contributed by atoms with E-state index in [2.05, 4.69) is 20.7 Å². The maximum Gasteiger partial charge on any atom is 0.254 e. The van der Waals surface area contributed by atoms with Gasteiger partial charge in [-0.2, -0.15) is 4.37 Å². The molecule has 2 atom stereocenters. The summed E-state index contributed by atoms with van der Waals surface area (Å²) in [6, 6.07) is 4.12. The molecule has 3 rings (SSSR count). The number of hydrogen-bond acceptors (Lipinski definition) is 5. The Labute approximate surface area is 137 Å². The molecule has 118 valence electrons. The van der Waals surface area contributed by atoms with Crippen LogP contribution in [0.1, 0.15) is 27.3 Å². The van der Waals surface area contributed by atoms with E-state index in [0.717, 1.165) is 12.2 Å². The number of amides is 1. The second-order valence-electron chi connectivity index (χ2n) is 5.52. The Hall–Kier alpha value is -1.31. The minimum atomic E-state index is -0.814. The topological polar surface area (TPSA) is 45.2 Å². The van der Waals surface area contributed by atoms with E-state index in [1.807, 2.05) is 18.4 Å². The largest absolute Gasteiger partial charge is 0.350 e. The van der Waals surface area contributed by atoms with Crippen molar-refractivity contribution < 1.29 is 9.18 Å². The summed E-state index contributed by atoms with van der Waals surface area (Å²) in [5.41, 5.74) is 1.36. The fourth-order valence-electron chi connectivity index (χ4n) is 2.75. The SMILES string of the molecule is Cc1nscc1C(=O)NC[C@@H]1C[C@H](F)CN1Cc1cccs1. The molecule has 2 aromatic rings.